The molecule has 1 unspecified atom stereocenters. The Labute approximate surface area is 266 Å². The molecule has 1 N–H and O–H groups in total. The third kappa shape index (κ3) is 8.66. The molecule has 0 radical (unpaired) electrons. The van der Waals surface area contributed by atoms with Gasteiger partial charge in [-0.15, -0.1) is 0 Å². The number of methoxy groups -OCH3 is 3. The van der Waals surface area contributed by atoms with Crippen molar-refractivity contribution in [2.75, 3.05) is 54.5 Å². The van der Waals surface area contributed by atoms with E-state index in [0.717, 1.165) is 53.0 Å². The van der Waals surface area contributed by atoms with Gasteiger partial charge in [-0.1, -0.05) is 60.7 Å². The Kier molecular flexibility index (Phi) is 12.3. The molecule has 0 saturated carbocycles. The molecule has 1 fully saturated rings. The highest BCUT2D eigenvalue weighted by molar-refractivity contribution is 5.47. The highest BCUT2D eigenvalue weighted by Crippen LogP contribution is 2.34. The van der Waals surface area contributed by atoms with Crippen molar-refractivity contribution in [3.63, 3.8) is 0 Å². The second-order valence-electron chi connectivity index (χ2n) is 11.6. The summed E-state index contributed by atoms with van der Waals surface area (Å²) in [6.07, 6.45) is 3.71. The van der Waals surface area contributed by atoms with Gasteiger partial charge in [0.25, 0.3) is 0 Å². The summed E-state index contributed by atoms with van der Waals surface area (Å²) < 4.78 is 41.3. The predicted molar refractivity (Wildman–Crippen MR) is 175 cm³/mol. The molecule has 8 nitrogen and oxygen atoms in total. The number of rotatable bonds is 16. The Balaban J connectivity index is 1.19. The van der Waals surface area contributed by atoms with Crippen LogP contribution < -0.4 is 25.2 Å². The van der Waals surface area contributed by atoms with E-state index in [4.69, 9.17) is 33.2 Å². The Morgan fingerprint density at radius 1 is 0.844 bits per heavy atom. The normalized spacial score (nSPS) is 22.8. The van der Waals surface area contributed by atoms with Crippen LogP contribution in [0.25, 0.3) is 11.8 Å². The fraction of sp³-hybridized carbons (Fsp3) is 0.459. The number of hydrogen-bond donors (Lipinski definition) is 1. The van der Waals surface area contributed by atoms with E-state index in [1.54, 1.807) is 21.3 Å². The van der Waals surface area contributed by atoms with Crippen molar-refractivity contribution in [3.8, 4) is 11.5 Å². The molecule has 1 aliphatic carbocycles. The number of ether oxygens (including phenoxy) is 7. The Morgan fingerprint density at radius 3 is 2.44 bits per heavy atom. The second-order valence-corrected chi connectivity index (χ2v) is 11.6. The van der Waals surface area contributed by atoms with Gasteiger partial charge in [0.1, 0.15) is 24.1 Å². The lowest BCUT2D eigenvalue weighted by molar-refractivity contribution is -0.125. The standard InChI is InChI=1S/C37H47NO7/c1-26-37(45-25-39-2)36(35(22-38-26)44-23-27-20-29-10-5-7-12-32(29)34(21-27)41-4)28-14-16-31(17-15-28)43-19-9-18-42-24-30-11-6-8-13-33(30)40-3/h5-8,10-17,20,26-27,35-38H,9,18-19,21-25H2,1-4H3/t26-,27?,35-,36+,37+/m0/s1. The fourth-order valence-electron chi connectivity index (χ4n) is 6.28. The Hall–Kier alpha value is -3.40. The summed E-state index contributed by atoms with van der Waals surface area (Å²) in [5.74, 6) is 2.93. The number of piperidine rings is 1. The molecule has 1 heterocycles. The van der Waals surface area contributed by atoms with Gasteiger partial charge in [-0.2, -0.15) is 0 Å². The van der Waals surface area contributed by atoms with E-state index in [1.807, 2.05) is 36.4 Å². The van der Waals surface area contributed by atoms with Gasteiger partial charge in [-0.05, 0) is 35.9 Å². The van der Waals surface area contributed by atoms with Crippen molar-refractivity contribution in [2.24, 2.45) is 5.92 Å². The first kappa shape index (κ1) is 33.0. The zero-order valence-corrected chi connectivity index (χ0v) is 26.9. The third-order valence-electron chi connectivity index (χ3n) is 8.58. The molecule has 1 aliphatic heterocycles. The number of fused-ring (bicyclic) bond motifs is 1. The molecule has 5 rings (SSSR count). The van der Waals surface area contributed by atoms with Gasteiger partial charge in [-0.3, -0.25) is 0 Å². The molecule has 242 valence electrons. The first-order valence-corrected chi connectivity index (χ1v) is 15.8. The van der Waals surface area contributed by atoms with E-state index < -0.39 is 0 Å². The van der Waals surface area contributed by atoms with Gasteiger partial charge in [-0.25, -0.2) is 0 Å². The lowest BCUT2D eigenvalue weighted by Gasteiger charge is -2.42. The van der Waals surface area contributed by atoms with E-state index in [-0.39, 0.29) is 36.9 Å². The molecule has 5 atom stereocenters. The molecular weight excluding hydrogens is 570 g/mol. The monoisotopic (exact) mass is 617 g/mol. The third-order valence-corrected chi connectivity index (χ3v) is 8.58. The van der Waals surface area contributed by atoms with Crippen molar-refractivity contribution >= 4 is 11.8 Å². The molecule has 0 bridgehead atoms. The summed E-state index contributed by atoms with van der Waals surface area (Å²) in [6.45, 7) is 5.39. The average Bonchev–Trinajstić information content (AvgIpc) is 3.08. The smallest absolute Gasteiger partial charge is 0.146 e. The predicted octanol–water partition coefficient (Wildman–Crippen LogP) is 4.39. The zero-order chi connectivity index (χ0) is 31.4. The van der Waals surface area contributed by atoms with Crippen molar-refractivity contribution in [1.82, 2.24) is 5.32 Å². The summed E-state index contributed by atoms with van der Waals surface area (Å²) >= 11 is 0. The minimum absolute atomic E-state index is 0.0237. The SMILES string of the molecule is COCO[C@H]1[C@H](c2ccc(OCCCOCc3ccccc3OC)cc2)[C@@H](OCC2C=c3ccccc3=C(OC)C2)CN[C@H]1C. The van der Waals surface area contributed by atoms with Gasteiger partial charge < -0.3 is 38.5 Å². The molecule has 45 heavy (non-hydrogen) atoms. The van der Waals surface area contributed by atoms with Crippen molar-refractivity contribution in [2.45, 2.75) is 50.5 Å². The largest absolute Gasteiger partial charge is 0.500 e. The van der Waals surface area contributed by atoms with E-state index in [1.165, 1.54) is 5.22 Å². The van der Waals surface area contributed by atoms with Crippen molar-refractivity contribution < 1.29 is 33.2 Å². The molecule has 0 amide bonds. The van der Waals surface area contributed by atoms with Crippen LogP contribution in [-0.4, -0.2) is 72.7 Å². The van der Waals surface area contributed by atoms with Gasteiger partial charge in [0.15, 0.2) is 0 Å². The van der Waals surface area contributed by atoms with E-state index in [9.17, 15) is 0 Å². The van der Waals surface area contributed by atoms with Crippen LogP contribution in [-0.2, 0) is 30.3 Å². The second kappa shape index (κ2) is 16.8. The lowest BCUT2D eigenvalue weighted by Crippen LogP contribution is -2.56. The molecule has 2 aliphatic rings. The summed E-state index contributed by atoms with van der Waals surface area (Å²) in [4.78, 5) is 0. The van der Waals surface area contributed by atoms with Crippen molar-refractivity contribution in [3.05, 3.63) is 94.4 Å². The quantitative estimate of drug-likeness (QED) is 0.188. The van der Waals surface area contributed by atoms with Gasteiger partial charge in [0.2, 0.25) is 0 Å². The van der Waals surface area contributed by atoms with E-state index in [2.05, 4.69) is 54.7 Å². The summed E-state index contributed by atoms with van der Waals surface area (Å²) in [5.41, 5.74) is 2.20. The lowest BCUT2D eigenvalue weighted by atomic mass is 9.81. The van der Waals surface area contributed by atoms with Gasteiger partial charge >= 0.3 is 0 Å². The average molecular weight is 618 g/mol. The molecule has 3 aromatic rings. The molecule has 0 aromatic heterocycles. The summed E-state index contributed by atoms with van der Waals surface area (Å²) in [6, 6.07) is 24.8. The summed E-state index contributed by atoms with van der Waals surface area (Å²) in [5, 5.41) is 5.96. The van der Waals surface area contributed by atoms with Crippen molar-refractivity contribution in [1.29, 1.82) is 0 Å². The number of para-hydroxylation sites is 1. The van der Waals surface area contributed by atoms with Crippen LogP contribution in [0.5, 0.6) is 11.5 Å². The molecule has 0 spiro atoms. The number of nitrogens with one attached hydrogen (secondary N) is 1. The van der Waals surface area contributed by atoms with E-state index in [0.29, 0.717) is 26.4 Å². The highest BCUT2D eigenvalue weighted by Gasteiger charge is 2.40. The van der Waals surface area contributed by atoms with Crippen LogP contribution in [0.2, 0.25) is 0 Å². The maximum Gasteiger partial charge on any atom is 0.146 e. The minimum Gasteiger partial charge on any atom is -0.500 e. The first-order chi connectivity index (χ1) is 22.1. The van der Waals surface area contributed by atoms with Crippen LogP contribution in [0.1, 0.15) is 36.8 Å². The maximum atomic E-state index is 6.70. The topological polar surface area (TPSA) is 76.6 Å². The maximum absolute atomic E-state index is 6.70. The first-order valence-electron chi connectivity index (χ1n) is 15.8. The fourth-order valence-corrected chi connectivity index (χ4v) is 6.28. The van der Waals surface area contributed by atoms with Gasteiger partial charge in [0.05, 0.1) is 52.9 Å². The number of hydrogen-bond acceptors (Lipinski definition) is 8. The summed E-state index contributed by atoms with van der Waals surface area (Å²) in [7, 11) is 5.08. The molecule has 3 aromatic carbocycles. The molecular formula is C37H47NO7. The number of benzene rings is 3. The molecule has 8 heteroatoms. The molecule has 1 saturated heterocycles. The van der Waals surface area contributed by atoms with Crippen LogP contribution in [0, 0.1) is 5.92 Å². The van der Waals surface area contributed by atoms with Crippen LogP contribution in [0.4, 0.5) is 0 Å². The van der Waals surface area contributed by atoms with Crippen LogP contribution in [0.15, 0.2) is 72.8 Å². The van der Waals surface area contributed by atoms with E-state index >= 15 is 0 Å². The highest BCUT2D eigenvalue weighted by atomic mass is 16.7. The Bertz CT molecular complexity index is 1460. The van der Waals surface area contributed by atoms with Crippen LogP contribution in [0.3, 0.4) is 0 Å². The minimum atomic E-state index is -0.118. The zero-order valence-electron chi connectivity index (χ0n) is 26.9. The van der Waals surface area contributed by atoms with Crippen LogP contribution >= 0.6 is 0 Å². The Morgan fingerprint density at radius 2 is 1.64 bits per heavy atom. The van der Waals surface area contributed by atoms with Gasteiger partial charge in [0, 0.05) is 55.2 Å².